The Labute approximate surface area is 158 Å². The van der Waals surface area contributed by atoms with Crippen molar-refractivity contribution in [2.24, 2.45) is 0 Å². The second-order valence-electron chi connectivity index (χ2n) is 6.24. The van der Waals surface area contributed by atoms with Crippen LogP contribution in [0.4, 0.5) is 13.2 Å². The lowest BCUT2D eigenvalue weighted by Crippen LogP contribution is -2.48. The highest BCUT2D eigenvalue weighted by Crippen LogP contribution is 2.46. The van der Waals surface area contributed by atoms with Gasteiger partial charge in [0, 0.05) is 17.1 Å². The summed E-state index contributed by atoms with van der Waals surface area (Å²) in [4.78, 5) is 14.2. The monoisotopic (exact) mass is 359 g/mol. The van der Waals surface area contributed by atoms with Gasteiger partial charge in [0.25, 0.3) is 5.97 Å². The van der Waals surface area contributed by atoms with E-state index in [1.165, 1.54) is 12.1 Å². The van der Waals surface area contributed by atoms with E-state index in [2.05, 4.69) is 4.98 Å². The average Bonchev–Trinajstić information content (AvgIpc) is 2.95. The van der Waals surface area contributed by atoms with E-state index in [1.54, 1.807) is 0 Å². The van der Waals surface area contributed by atoms with Gasteiger partial charge < -0.3 is 10.1 Å². The molecule has 0 aliphatic heterocycles. The van der Waals surface area contributed by atoms with Gasteiger partial charge in [-0.3, -0.25) is 4.79 Å². The van der Waals surface area contributed by atoms with Crippen molar-refractivity contribution in [3.8, 4) is 11.3 Å². The number of aliphatic carboxylic acids is 1. The molecule has 10 heteroatoms. The number of carbonyl (C=O) groups is 1. The molecule has 126 valence electrons. The maximum atomic E-state index is 14.3. The lowest BCUT2D eigenvalue weighted by Gasteiger charge is -2.41. The van der Waals surface area contributed by atoms with Crippen LogP contribution in [0, 0.1) is 17.5 Å². The third kappa shape index (κ3) is 2.97. The Morgan fingerprint density at radius 1 is 0.963 bits per heavy atom. The number of rotatable bonds is 4. The van der Waals surface area contributed by atoms with Crippen molar-refractivity contribution in [2.45, 2.75) is 10.4 Å². The van der Waals surface area contributed by atoms with Crippen LogP contribution in [0.2, 0.25) is 5.21 Å². The molecule has 27 heavy (non-hydrogen) atoms. The molecule has 0 fully saturated rings. The van der Waals surface area contributed by atoms with Gasteiger partial charge >= 0.3 is 0 Å². The van der Waals surface area contributed by atoms with Crippen molar-refractivity contribution >= 4 is 48.3 Å². The summed E-state index contributed by atoms with van der Waals surface area (Å²) in [7, 11) is 23.3. The molecule has 0 saturated heterocycles. The quantitative estimate of drug-likeness (QED) is 0.703. The summed E-state index contributed by atoms with van der Waals surface area (Å²) in [5, 5.41) is 4.04. The standard InChI is InChI=1S/C17H8B4F3NO2/c18-16(19,17(20,21)15(26)27)12-10-5-9(23)6-11(24)14(10)25-13(12)7-1-3-8(22)4-2-7/h1-6,25H,(H,26,27). The molecule has 2 N–H and O–H groups in total. The topological polar surface area (TPSA) is 53.1 Å². The maximum absolute atomic E-state index is 14.3. The third-order valence-electron chi connectivity index (χ3n) is 4.41. The van der Waals surface area contributed by atoms with Crippen molar-refractivity contribution in [1.82, 2.24) is 4.98 Å². The third-order valence-corrected chi connectivity index (χ3v) is 4.41. The molecule has 0 atom stereocenters. The van der Waals surface area contributed by atoms with Crippen LogP contribution < -0.4 is 0 Å². The number of hydrogen-bond acceptors (Lipinski definition) is 1. The van der Waals surface area contributed by atoms with Crippen LogP contribution in [0.15, 0.2) is 36.4 Å². The molecule has 0 saturated carbocycles. The summed E-state index contributed by atoms with van der Waals surface area (Å²) in [5.74, 6) is -4.19. The Morgan fingerprint density at radius 3 is 2.11 bits per heavy atom. The van der Waals surface area contributed by atoms with Gasteiger partial charge in [-0.05, 0) is 46.7 Å². The zero-order valence-corrected chi connectivity index (χ0v) is 13.8. The molecule has 0 bridgehead atoms. The Kier molecular flexibility index (Phi) is 4.49. The highest BCUT2D eigenvalue weighted by atomic mass is 19.1. The first kappa shape index (κ1) is 19.3. The minimum absolute atomic E-state index is 0.0287. The van der Waals surface area contributed by atoms with E-state index in [0.29, 0.717) is 6.07 Å². The Morgan fingerprint density at radius 2 is 1.56 bits per heavy atom. The zero-order chi connectivity index (χ0) is 20.1. The van der Waals surface area contributed by atoms with Gasteiger partial charge in [-0.1, -0.05) is 5.21 Å². The normalized spacial score (nSPS) is 12.4. The molecule has 8 radical (unpaired) electrons. The van der Waals surface area contributed by atoms with E-state index < -0.39 is 33.8 Å². The number of carboxylic acid groups (broad SMARTS) is 1. The molecule has 3 rings (SSSR count). The molecule has 0 aliphatic carbocycles. The van der Waals surface area contributed by atoms with Gasteiger partial charge in [0.2, 0.25) is 0 Å². The molecule has 3 nitrogen and oxygen atoms in total. The maximum Gasteiger partial charge on any atom is 0.291 e. The predicted octanol–water partition coefficient (Wildman–Crippen LogP) is 2.28. The van der Waals surface area contributed by atoms with Crippen LogP contribution in [-0.4, -0.2) is 47.4 Å². The van der Waals surface area contributed by atoms with E-state index in [9.17, 15) is 23.1 Å². The van der Waals surface area contributed by atoms with Crippen LogP contribution in [0.3, 0.4) is 0 Å². The first-order valence-corrected chi connectivity index (χ1v) is 7.63. The molecule has 3 aromatic rings. The molecule has 0 unspecified atom stereocenters. The largest absolute Gasteiger partial charge is 0.482 e. The molecule has 1 aromatic heterocycles. The van der Waals surface area contributed by atoms with Crippen molar-refractivity contribution < 1.29 is 23.1 Å². The zero-order valence-electron chi connectivity index (χ0n) is 13.8. The van der Waals surface area contributed by atoms with E-state index in [4.69, 9.17) is 31.4 Å². The highest BCUT2D eigenvalue weighted by Gasteiger charge is 2.44. The first-order chi connectivity index (χ1) is 12.5. The molecule has 0 spiro atoms. The van der Waals surface area contributed by atoms with Crippen molar-refractivity contribution in [1.29, 1.82) is 0 Å². The summed E-state index contributed by atoms with van der Waals surface area (Å²) in [5.41, 5.74) is -0.105. The Balaban J connectivity index is 2.43. The van der Waals surface area contributed by atoms with Gasteiger partial charge in [-0.15, -0.1) is 0 Å². The number of carboxylic acids is 1. The van der Waals surface area contributed by atoms with Crippen molar-refractivity contribution in [3.63, 3.8) is 0 Å². The van der Waals surface area contributed by atoms with Crippen molar-refractivity contribution in [2.75, 3.05) is 0 Å². The number of nitrogens with one attached hydrogen (secondary N) is 1. The van der Waals surface area contributed by atoms with E-state index in [-0.39, 0.29) is 27.7 Å². The minimum Gasteiger partial charge on any atom is -0.482 e. The van der Waals surface area contributed by atoms with Crippen molar-refractivity contribution in [3.05, 3.63) is 59.4 Å². The lowest BCUT2D eigenvalue weighted by atomic mass is 9.28. The summed E-state index contributed by atoms with van der Waals surface area (Å²) >= 11 is 0. The van der Waals surface area contributed by atoms with Gasteiger partial charge in [-0.25, -0.2) is 13.2 Å². The van der Waals surface area contributed by atoms with E-state index >= 15 is 0 Å². The summed E-state index contributed by atoms with van der Waals surface area (Å²) in [6.07, 6.45) is 0. The first-order valence-electron chi connectivity index (χ1n) is 7.63. The molecule has 1 heterocycles. The Bertz CT molecular complexity index is 1050. The average molecular weight is 358 g/mol. The predicted molar refractivity (Wildman–Crippen MR) is 98.6 cm³/mol. The van der Waals surface area contributed by atoms with Crippen LogP contribution >= 0.6 is 0 Å². The van der Waals surface area contributed by atoms with E-state index in [0.717, 1.165) is 18.2 Å². The smallest absolute Gasteiger partial charge is 0.291 e. The van der Waals surface area contributed by atoms with Crippen LogP contribution in [0.1, 0.15) is 5.56 Å². The van der Waals surface area contributed by atoms with Crippen LogP contribution in [0.25, 0.3) is 22.2 Å². The number of fused-ring (bicyclic) bond motifs is 1. The summed E-state index contributed by atoms with van der Waals surface area (Å²) in [6.45, 7) is 0. The number of benzene rings is 2. The van der Waals surface area contributed by atoms with Gasteiger partial charge in [0.05, 0.1) is 36.9 Å². The molecule has 2 aromatic carbocycles. The number of aromatic nitrogens is 1. The fourth-order valence-electron chi connectivity index (χ4n) is 2.87. The number of halogens is 3. The van der Waals surface area contributed by atoms with Gasteiger partial charge in [0.15, 0.2) is 0 Å². The van der Waals surface area contributed by atoms with Gasteiger partial charge in [0.1, 0.15) is 17.5 Å². The summed E-state index contributed by atoms with van der Waals surface area (Å²) < 4.78 is 41.4. The van der Waals surface area contributed by atoms with E-state index in [1.807, 2.05) is 0 Å². The minimum atomic E-state index is -2.69. The second-order valence-corrected chi connectivity index (χ2v) is 6.24. The highest BCUT2D eigenvalue weighted by molar-refractivity contribution is 6.61. The molecule has 0 aliphatic rings. The number of H-pyrrole nitrogens is 1. The number of aromatic amines is 1. The van der Waals surface area contributed by atoms with Gasteiger partial charge in [-0.2, -0.15) is 0 Å². The lowest BCUT2D eigenvalue weighted by molar-refractivity contribution is -0.138. The molecular weight excluding hydrogens is 350 g/mol. The second kappa shape index (κ2) is 6.29. The van der Waals surface area contributed by atoms with Crippen LogP contribution in [0.5, 0.6) is 0 Å². The molecule has 0 amide bonds. The summed E-state index contributed by atoms with van der Waals surface area (Å²) in [6, 6.07) is 6.43. The van der Waals surface area contributed by atoms with Crippen LogP contribution in [-0.2, 0) is 10.0 Å². The molecular formula is C17H8B4F3NO2. The fourth-order valence-corrected chi connectivity index (χ4v) is 2.87. The number of hydrogen-bond donors (Lipinski definition) is 2. The SMILES string of the molecule is [B]C([B])(C(=O)O)C([B])([B])c1c(-c2ccc(F)cc2)[nH]c2c(F)cc(F)cc12. The fraction of sp³-hybridized carbons (Fsp3) is 0.118. The Hall–Kier alpha value is -2.50.